The van der Waals surface area contributed by atoms with E-state index in [0.717, 1.165) is 0 Å². The van der Waals surface area contributed by atoms with Crippen molar-refractivity contribution >= 4 is 35.4 Å². The molecule has 0 spiro atoms. The third-order valence-corrected chi connectivity index (χ3v) is 5.98. The molecule has 2 atom stereocenters. The predicted octanol–water partition coefficient (Wildman–Crippen LogP) is 4.34. The van der Waals surface area contributed by atoms with Gasteiger partial charge in [-0.05, 0) is 35.8 Å². The maximum Gasteiger partial charge on any atom is 0.141 e. The summed E-state index contributed by atoms with van der Waals surface area (Å²) >= 11 is 1.72. The summed E-state index contributed by atoms with van der Waals surface area (Å²) in [6, 6.07) is 5.19. The van der Waals surface area contributed by atoms with Crippen LogP contribution >= 0.6 is 15.9 Å². The molecule has 2 N–H and O–H groups in total. The first-order valence-corrected chi connectivity index (χ1v) is 12.6. The first-order valence-electron chi connectivity index (χ1n) is 7.07. The summed E-state index contributed by atoms with van der Waals surface area (Å²) in [6.45, 7) is 10.1. The molecule has 0 fully saturated rings. The number of halogens is 2. The second kappa shape index (κ2) is 7.50. The minimum Gasteiger partial charge on any atom is -0.598 e. The van der Waals surface area contributed by atoms with Crippen molar-refractivity contribution < 1.29 is 8.94 Å². The molecule has 1 rings (SSSR count). The molecular weight excluding hydrogens is 381 g/mol. The van der Waals surface area contributed by atoms with Crippen LogP contribution in [0.5, 0.6) is 0 Å². The Balaban J connectivity index is 3.28. The van der Waals surface area contributed by atoms with Crippen LogP contribution in [0, 0.1) is 17.3 Å². The molecule has 1 aromatic carbocycles. The zero-order valence-corrected chi connectivity index (χ0v) is 17.1. The molecule has 0 aliphatic carbocycles. The fourth-order valence-electron chi connectivity index (χ4n) is 1.91. The van der Waals surface area contributed by atoms with Gasteiger partial charge in [0.25, 0.3) is 0 Å². The van der Waals surface area contributed by atoms with Crippen LogP contribution in [-0.2, 0) is 11.4 Å². The van der Waals surface area contributed by atoms with Crippen molar-refractivity contribution in [3.05, 3.63) is 34.1 Å². The van der Waals surface area contributed by atoms with E-state index in [1.807, 2.05) is 13.8 Å². The van der Waals surface area contributed by atoms with Gasteiger partial charge in [-0.2, -0.15) is 5.14 Å². The van der Waals surface area contributed by atoms with E-state index in [1.54, 1.807) is 18.2 Å². The molecule has 0 saturated heterocycles. The maximum absolute atomic E-state index is 14.4. The van der Waals surface area contributed by atoms with Crippen LogP contribution in [0.3, 0.4) is 0 Å². The maximum atomic E-state index is 14.4. The van der Waals surface area contributed by atoms with Gasteiger partial charge in [0.1, 0.15) is 18.6 Å². The van der Waals surface area contributed by atoms with Gasteiger partial charge in [0.15, 0.2) is 0 Å². The normalized spacial score (nSPS) is 15.0. The summed E-state index contributed by atoms with van der Waals surface area (Å²) in [4.78, 5) is 0. The zero-order chi connectivity index (χ0) is 17.1. The molecule has 0 amide bonds. The van der Waals surface area contributed by atoms with Gasteiger partial charge in [-0.15, -0.1) is 11.5 Å². The Morgan fingerprint density at radius 1 is 1.41 bits per heavy atom. The van der Waals surface area contributed by atoms with Gasteiger partial charge in [-0.25, -0.2) is 4.39 Å². The lowest BCUT2D eigenvalue weighted by atomic mass is 9.90. The van der Waals surface area contributed by atoms with Crippen LogP contribution in [0.4, 0.5) is 4.39 Å². The second-order valence-electron chi connectivity index (χ2n) is 6.98. The molecule has 6 heteroatoms. The van der Waals surface area contributed by atoms with Crippen molar-refractivity contribution in [2.75, 3.05) is 0 Å². The molecule has 0 saturated carbocycles. The number of benzene rings is 1. The molecule has 0 aliphatic heterocycles. The van der Waals surface area contributed by atoms with Gasteiger partial charge < -0.3 is 4.55 Å². The lowest BCUT2D eigenvalue weighted by Gasteiger charge is -2.27. The monoisotopic (exact) mass is 403 g/mol. The highest BCUT2D eigenvalue weighted by atomic mass is 79.9. The second-order valence-corrected chi connectivity index (χ2v) is 14.3. The molecule has 122 valence electrons. The molecule has 0 radical (unpaired) electrons. The highest BCUT2D eigenvalue weighted by Crippen LogP contribution is 2.33. The van der Waals surface area contributed by atoms with E-state index in [0.29, 0.717) is 16.5 Å². The summed E-state index contributed by atoms with van der Waals surface area (Å²) in [6.07, 6.45) is 0.445. The molecule has 0 aliphatic rings. The van der Waals surface area contributed by atoms with E-state index in [2.05, 4.69) is 47.0 Å². The first kappa shape index (κ1) is 19.7. The Hall–Kier alpha value is -0.323. The van der Waals surface area contributed by atoms with Crippen LogP contribution in [0.1, 0.15) is 31.7 Å². The summed E-state index contributed by atoms with van der Waals surface area (Å²) in [5.74, 6) is 2.58. The van der Waals surface area contributed by atoms with E-state index in [4.69, 9.17) is 5.14 Å². The summed E-state index contributed by atoms with van der Waals surface area (Å²) in [5.41, 5.74) is 3.82. The van der Waals surface area contributed by atoms with Crippen molar-refractivity contribution in [2.24, 2.45) is 5.14 Å². The van der Waals surface area contributed by atoms with Crippen LogP contribution < -0.4 is 5.14 Å². The molecular formula is C16H23BrFNOSSi. The third-order valence-electron chi connectivity index (χ3n) is 3.22. The molecule has 22 heavy (non-hydrogen) atoms. The number of nitrogens with two attached hydrogens (primary N) is 1. The standard InChI is InChI=1S/C16H23BrFNOSSi/c1-16(2,21(19)20)11-12(9-10-22(3,4)5)13-7-6-8-14(17)15(13)18/h6-8,12H,11,19H2,1-5H3/t12-,21?/m0/s1. The van der Waals surface area contributed by atoms with Crippen LogP contribution in [-0.4, -0.2) is 17.4 Å². The number of hydrogen-bond donors (Lipinski definition) is 1. The lowest BCUT2D eigenvalue weighted by Crippen LogP contribution is -2.39. The summed E-state index contributed by atoms with van der Waals surface area (Å²) in [5, 5.41) is 5.58. The molecule has 0 bridgehead atoms. The molecule has 2 nitrogen and oxygen atoms in total. The summed E-state index contributed by atoms with van der Waals surface area (Å²) in [7, 11) is -1.59. The Labute approximate surface area is 145 Å². The van der Waals surface area contributed by atoms with Gasteiger partial charge in [-0.1, -0.05) is 31.8 Å². The minimum absolute atomic E-state index is 0.309. The SMILES string of the molecule is CC(C)(C[C@H](C#C[Si](C)(C)C)c1cccc(Br)c1F)[S+](N)[O-]. The Bertz CT molecular complexity index is 590. The van der Waals surface area contributed by atoms with Crippen molar-refractivity contribution in [3.8, 4) is 11.5 Å². The first-order chi connectivity index (χ1) is 9.94. The van der Waals surface area contributed by atoms with E-state index in [-0.39, 0.29) is 11.7 Å². The molecule has 1 aromatic rings. The molecule has 0 heterocycles. The van der Waals surface area contributed by atoms with Crippen molar-refractivity contribution in [3.63, 3.8) is 0 Å². The van der Waals surface area contributed by atoms with Crippen molar-refractivity contribution in [1.29, 1.82) is 0 Å². The van der Waals surface area contributed by atoms with Gasteiger partial charge in [-0.3, -0.25) is 0 Å². The van der Waals surface area contributed by atoms with Gasteiger partial charge in [0.05, 0.1) is 10.4 Å². The fourth-order valence-corrected chi connectivity index (χ4v) is 3.23. The average Bonchev–Trinajstić information content (AvgIpc) is 2.36. The zero-order valence-electron chi connectivity index (χ0n) is 13.7. The van der Waals surface area contributed by atoms with Crippen molar-refractivity contribution in [1.82, 2.24) is 0 Å². The van der Waals surface area contributed by atoms with Crippen molar-refractivity contribution in [2.45, 2.75) is 50.6 Å². The largest absolute Gasteiger partial charge is 0.598 e. The Kier molecular flexibility index (Phi) is 6.72. The van der Waals surface area contributed by atoms with E-state index in [9.17, 15) is 8.94 Å². The lowest BCUT2D eigenvalue weighted by molar-refractivity contribution is 0.507. The van der Waals surface area contributed by atoms with Gasteiger partial charge >= 0.3 is 0 Å². The number of rotatable bonds is 4. The Morgan fingerprint density at radius 2 is 2.00 bits per heavy atom. The van der Waals surface area contributed by atoms with E-state index in [1.165, 1.54) is 0 Å². The third kappa shape index (κ3) is 5.71. The van der Waals surface area contributed by atoms with Gasteiger partial charge in [0, 0.05) is 23.3 Å². The highest BCUT2D eigenvalue weighted by Gasteiger charge is 2.34. The summed E-state index contributed by atoms with van der Waals surface area (Å²) < 4.78 is 26.0. The van der Waals surface area contributed by atoms with Crippen LogP contribution in [0.2, 0.25) is 19.6 Å². The quantitative estimate of drug-likeness (QED) is 0.461. The van der Waals surface area contributed by atoms with E-state index >= 15 is 0 Å². The number of hydrogen-bond acceptors (Lipinski definition) is 2. The van der Waals surface area contributed by atoms with Crippen LogP contribution in [0.25, 0.3) is 0 Å². The minimum atomic E-state index is -1.59. The molecule has 1 unspecified atom stereocenters. The predicted molar refractivity (Wildman–Crippen MR) is 99.0 cm³/mol. The van der Waals surface area contributed by atoms with E-state index < -0.39 is 24.2 Å². The fraction of sp³-hybridized carbons (Fsp3) is 0.500. The van der Waals surface area contributed by atoms with Crippen LogP contribution in [0.15, 0.2) is 22.7 Å². The smallest absolute Gasteiger partial charge is 0.141 e. The topological polar surface area (TPSA) is 49.1 Å². The Morgan fingerprint density at radius 3 is 2.50 bits per heavy atom. The van der Waals surface area contributed by atoms with Gasteiger partial charge in [0.2, 0.25) is 0 Å². The molecule has 0 aromatic heterocycles. The average molecular weight is 404 g/mol. The highest BCUT2D eigenvalue weighted by molar-refractivity contribution is 9.10.